The van der Waals surface area contributed by atoms with E-state index in [0.717, 1.165) is 12.1 Å². The maximum absolute atomic E-state index is 12.7. The molecule has 5 nitrogen and oxygen atoms in total. The highest BCUT2D eigenvalue weighted by atomic mass is 35.5. The van der Waals surface area contributed by atoms with Crippen molar-refractivity contribution in [2.24, 2.45) is 0 Å². The van der Waals surface area contributed by atoms with Gasteiger partial charge >= 0.3 is 12.1 Å². The van der Waals surface area contributed by atoms with Crippen molar-refractivity contribution in [2.75, 3.05) is 4.72 Å². The molecule has 0 aromatic heterocycles. The minimum Gasteiger partial charge on any atom is -0.478 e. The molecule has 0 fully saturated rings. The Morgan fingerprint density at radius 1 is 1.12 bits per heavy atom. The van der Waals surface area contributed by atoms with Crippen LogP contribution < -0.4 is 4.72 Å². The number of halogens is 4. The van der Waals surface area contributed by atoms with Crippen molar-refractivity contribution in [3.05, 3.63) is 58.6 Å². The van der Waals surface area contributed by atoms with E-state index < -0.39 is 37.7 Å². The van der Waals surface area contributed by atoms with Gasteiger partial charge in [-0.05, 0) is 36.4 Å². The van der Waals surface area contributed by atoms with Crippen LogP contribution in [0.4, 0.5) is 18.9 Å². The maximum Gasteiger partial charge on any atom is 0.416 e. The Labute approximate surface area is 139 Å². The molecule has 0 atom stereocenters. The third-order valence-corrected chi connectivity index (χ3v) is 4.77. The predicted octanol–water partition coefficient (Wildman–Crippen LogP) is 3.86. The molecule has 2 aromatic rings. The molecule has 0 heterocycles. The summed E-state index contributed by atoms with van der Waals surface area (Å²) in [7, 11) is -4.44. The van der Waals surface area contributed by atoms with Gasteiger partial charge in [0.1, 0.15) is 4.90 Å². The van der Waals surface area contributed by atoms with Gasteiger partial charge in [0.05, 0.1) is 16.1 Å². The lowest BCUT2D eigenvalue weighted by molar-refractivity contribution is -0.137. The molecule has 0 unspecified atom stereocenters. The molecular formula is C14H9ClF3NO4S. The molecule has 2 aromatic carbocycles. The van der Waals surface area contributed by atoms with Gasteiger partial charge in [-0.1, -0.05) is 17.7 Å². The molecule has 0 aliphatic carbocycles. The minimum atomic E-state index is -4.74. The summed E-state index contributed by atoms with van der Waals surface area (Å²) in [6.07, 6.45) is -4.74. The Balaban J connectivity index is 2.44. The summed E-state index contributed by atoms with van der Waals surface area (Å²) in [4.78, 5) is 10.1. The van der Waals surface area contributed by atoms with E-state index in [9.17, 15) is 26.4 Å². The maximum atomic E-state index is 12.7. The monoisotopic (exact) mass is 379 g/mol. The Bertz CT molecular complexity index is 897. The van der Waals surface area contributed by atoms with Crippen molar-refractivity contribution >= 4 is 33.3 Å². The fourth-order valence-electron chi connectivity index (χ4n) is 1.81. The zero-order valence-electron chi connectivity index (χ0n) is 11.6. The van der Waals surface area contributed by atoms with Gasteiger partial charge in [0, 0.05) is 5.69 Å². The quantitative estimate of drug-likeness (QED) is 0.845. The lowest BCUT2D eigenvalue weighted by Gasteiger charge is -2.13. The molecule has 2 rings (SSSR count). The van der Waals surface area contributed by atoms with Crippen molar-refractivity contribution in [3.63, 3.8) is 0 Å². The molecule has 0 amide bonds. The number of nitrogens with one attached hydrogen (secondary N) is 1. The first-order chi connectivity index (χ1) is 11.0. The Kier molecular flexibility index (Phi) is 4.77. The third-order valence-electron chi connectivity index (χ3n) is 2.91. The van der Waals surface area contributed by atoms with Crippen molar-refractivity contribution in [3.8, 4) is 0 Å². The summed E-state index contributed by atoms with van der Waals surface area (Å²) in [5.74, 6) is -1.28. The van der Waals surface area contributed by atoms with Crippen molar-refractivity contribution in [2.45, 2.75) is 11.1 Å². The van der Waals surface area contributed by atoms with Crippen LogP contribution in [0.3, 0.4) is 0 Å². The zero-order chi connectivity index (χ0) is 18.1. The SMILES string of the molecule is O=C(O)c1cccc(NS(=O)(=O)c2cc(C(F)(F)F)ccc2Cl)c1. The number of alkyl halides is 3. The summed E-state index contributed by atoms with van der Waals surface area (Å²) in [6.45, 7) is 0. The van der Waals surface area contributed by atoms with Crippen LogP contribution in [0.15, 0.2) is 47.4 Å². The molecule has 0 saturated heterocycles. The van der Waals surface area contributed by atoms with Crippen LogP contribution in [0.1, 0.15) is 15.9 Å². The number of benzene rings is 2. The van der Waals surface area contributed by atoms with Crippen LogP contribution in [-0.4, -0.2) is 19.5 Å². The van der Waals surface area contributed by atoms with Crippen LogP contribution in [0.2, 0.25) is 5.02 Å². The van der Waals surface area contributed by atoms with Gasteiger partial charge in [0.2, 0.25) is 0 Å². The largest absolute Gasteiger partial charge is 0.478 e. The minimum absolute atomic E-state index is 0.122. The van der Waals surface area contributed by atoms with Crippen LogP contribution in [-0.2, 0) is 16.2 Å². The molecule has 0 bridgehead atoms. The molecule has 0 saturated carbocycles. The summed E-state index contributed by atoms with van der Waals surface area (Å²) in [5.41, 5.74) is -1.49. The summed E-state index contributed by atoms with van der Waals surface area (Å²) < 4.78 is 64.7. The number of rotatable bonds is 4. The second-order valence-corrected chi connectivity index (χ2v) is 6.69. The molecule has 128 valence electrons. The number of carbonyl (C=O) groups is 1. The van der Waals surface area contributed by atoms with E-state index in [-0.39, 0.29) is 11.3 Å². The van der Waals surface area contributed by atoms with Gasteiger partial charge in [0.25, 0.3) is 10.0 Å². The molecule has 2 N–H and O–H groups in total. The van der Waals surface area contributed by atoms with Gasteiger partial charge < -0.3 is 5.11 Å². The molecule has 0 radical (unpaired) electrons. The summed E-state index contributed by atoms with van der Waals surface area (Å²) in [6, 6.07) is 6.70. The average molecular weight is 380 g/mol. The average Bonchev–Trinajstić information content (AvgIpc) is 2.46. The Hall–Kier alpha value is -2.26. The topological polar surface area (TPSA) is 83.5 Å². The number of aromatic carboxylic acids is 1. The highest BCUT2D eigenvalue weighted by Crippen LogP contribution is 2.34. The fraction of sp³-hybridized carbons (Fsp3) is 0.0714. The van der Waals surface area contributed by atoms with Gasteiger partial charge in [-0.15, -0.1) is 0 Å². The molecule has 0 aliphatic heterocycles. The highest BCUT2D eigenvalue weighted by molar-refractivity contribution is 7.92. The number of hydrogen-bond donors (Lipinski definition) is 2. The fourth-order valence-corrected chi connectivity index (χ4v) is 3.39. The van der Waals surface area contributed by atoms with E-state index in [4.69, 9.17) is 16.7 Å². The third kappa shape index (κ3) is 3.98. The zero-order valence-corrected chi connectivity index (χ0v) is 13.2. The van der Waals surface area contributed by atoms with E-state index in [2.05, 4.69) is 0 Å². The Morgan fingerprint density at radius 3 is 2.38 bits per heavy atom. The molecular weight excluding hydrogens is 371 g/mol. The number of anilines is 1. The first-order valence-corrected chi connectivity index (χ1v) is 8.10. The normalized spacial score (nSPS) is 12.0. The second kappa shape index (κ2) is 6.33. The van der Waals surface area contributed by atoms with Crippen molar-refractivity contribution in [1.29, 1.82) is 0 Å². The summed E-state index contributed by atoms with van der Waals surface area (Å²) >= 11 is 5.70. The lowest BCUT2D eigenvalue weighted by Crippen LogP contribution is -2.15. The van der Waals surface area contributed by atoms with Crippen LogP contribution in [0, 0.1) is 0 Å². The van der Waals surface area contributed by atoms with E-state index in [1.54, 1.807) is 0 Å². The number of carboxylic acid groups (broad SMARTS) is 1. The van der Waals surface area contributed by atoms with E-state index in [1.165, 1.54) is 18.2 Å². The van der Waals surface area contributed by atoms with Gasteiger partial charge in [0.15, 0.2) is 0 Å². The predicted molar refractivity (Wildman–Crippen MR) is 80.7 cm³/mol. The second-order valence-electron chi connectivity index (χ2n) is 4.63. The highest BCUT2D eigenvalue weighted by Gasteiger charge is 2.32. The van der Waals surface area contributed by atoms with Crippen LogP contribution in [0.5, 0.6) is 0 Å². The Morgan fingerprint density at radius 2 is 1.79 bits per heavy atom. The van der Waals surface area contributed by atoms with Gasteiger partial charge in [-0.2, -0.15) is 13.2 Å². The van der Waals surface area contributed by atoms with E-state index in [0.29, 0.717) is 12.1 Å². The van der Waals surface area contributed by atoms with Crippen LogP contribution >= 0.6 is 11.6 Å². The smallest absolute Gasteiger partial charge is 0.416 e. The first kappa shape index (κ1) is 18.1. The molecule has 0 aliphatic rings. The number of hydrogen-bond acceptors (Lipinski definition) is 3. The molecule has 10 heteroatoms. The lowest BCUT2D eigenvalue weighted by atomic mass is 10.2. The summed E-state index contributed by atoms with van der Waals surface area (Å²) in [5, 5.41) is 8.47. The van der Waals surface area contributed by atoms with Gasteiger partial charge in [-0.3, -0.25) is 4.72 Å². The van der Waals surface area contributed by atoms with Crippen molar-refractivity contribution < 1.29 is 31.5 Å². The molecule has 0 spiro atoms. The standard InChI is InChI=1S/C14H9ClF3NO4S/c15-11-5-4-9(14(16,17)18)7-12(11)24(22,23)19-10-3-1-2-8(6-10)13(20)21/h1-7,19H,(H,20,21). The number of carboxylic acids is 1. The van der Waals surface area contributed by atoms with Crippen LogP contribution in [0.25, 0.3) is 0 Å². The van der Waals surface area contributed by atoms with Gasteiger partial charge in [-0.25, -0.2) is 13.2 Å². The number of sulfonamides is 1. The van der Waals surface area contributed by atoms with E-state index >= 15 is 0 Å². The first-order valence-electron chi connectivity index (χ1n) is 6.23. The molecule has 24 heavy (non-hydrogen) atoms. The van der Waals surface area contributed by atoms with E-state index in [1.807, 2.05) is 4.72 Å². The van der Waals surface area contributed by atoms with Crippen molar-refractivity contribution in [1.82, 2.24) is 0 Å².